The van der Waals surface area contributed by atoms with Crippen LogP contribution in [0.15, 0.2) is 65.7 Å². The Kier molecular flexibility index (Phi) is 5.86. The molecule has 0 N–H and O–H groups in total. The van der Waals surface area contributed by atoms with Crippen LogP contribution in [0.5, 0.6) is 5.75 Å². The molecule has 0 aliphatic carbocycles. The predicted octanol–water partition coefficient (Wildman–Crippen LogP) is 5.28. The molecule has 5 rings (SSSR count). The number of piperidine rings is 1. The van der Waals surface area contributed by atoms with Crippen molar-refractivity contribution in [1.82, 2.24) is 14.5 Å². The van der Waals surface area contributed by atoms with Crippen molar-refractivity contribution in [2.24, 2.45) is 5.16 Å². The first-order valence-corrected chi connectivity index (χ1v) is 11.2. The highest BCUT2D eigenvalue weighted by Crippen LogP contribution is 2.34. The van der Waals surface area contributed by atoms with Crippen LogP contribution >= 0.6 is 0 Å². The minimum Gasteiger partial charge on any atom is -0.495 e. The van der Waals surface area contributed by atoms with Crippen LogP contribution in [0.4, 0.5) is 4.39 Å². The van der Waals surface area contributed by atoms with E-state index >= 15 is 0 Å². The maximum Gasteiger partial charge on any atom is 0.171 e. The molecule has 1 saturated heterocycles. The minimum atomic E-state index is -0.218. The third kappa shape index (κ3) is 4.35. The summed E-state index contributed by atoms with van der Waals surface area (Å²) < 4.78 is 21.6. The molecule has 3 heterocycles. The highest BCUT2D eigenvalue weighted by molar-refractivity contribution is 6.02. The summed E-state index contributed by atoms with van der Waals surface area (Å²) in [6.07, 6.45) is 8.57. The average Bonchev–Trinajstić information content (AvgIpc) is 3.13. The largest absolute Gasteiger partial charge is 0.495 e. The van der Waals surface area contributed by atoms with E-state index in [-0.39, 0.29) is 11.9 Å². The first kappa shape index (κ1) is 21.2. The molecule has 0 spiro atoms. The van der Waals surface area contributed by atoms with Gasteiger partial charge in [0.15, 0.2) is 5.84 Å². The van der Waals surface area contributed by atoms with Crippen molar-refractivity contribution in [1.29, 1.82) is 0 Å². The van der Waals surface area contributed by atoms with Crippen LogP contribution in [0.25, 0.3) is 11.8 Å². The van der Waals surface area contributed by atoms with E-state index in [4.69, 9.17) is 9.57 Å². The Labute approximate surface area is 192 Å². The molecule has 0 radical (unpaired) electrons. The number of nitrogens with zero attached hydrogens (tertiary/aromatic N) is 4. The number of fused-ring (bicyclic) bond motifs is 1. The summed E-state index contributed by atoms with van der Waals surface area (Å²) in [5, 5.41) is 4.47. The summed E-state index contributed by atoms with van der Waals surface area (Å²) >= 11 is 0. The van der Waals surface area contributed by atoms with Gasteiger partial charge in [0.2, 0.25) is 0 Å². The van der Waals surface area contributed by atoms with E-state index < -0.39 is 0 Å². The third-order valence-electron chi connectivity index (χ3n) is 6.18. The van der Waals surface area contributed by atoms with Gasteiger partial charge >= 0.3 is 0 Å². The lowest BCUT2D eigenvalue weighted by molar-refractivity contribution is 0.140. The molecule has 1 fully saturated rings. The van der Waals surface area contributed by atoms with Gasteiger partial charge in [-0.2, -0.15) is 0 Å². The number of halogens is 1. The van der Waals surface area contributed by atoms with Crippen molar-refractivity contribution < 1.29 is 14.0 Å². The van der Waals surface area contributed by atoms with Crippen molar-refractivity contribution in [3.05, 3.63) is 83.2 Å². The van der Waals surface area contributed by atoms with Crippen LogP contribution in [-0.4, -0.2) is 40.5 Å². The molecule has 2 aromatic carbocycles. The monoisotopic (exact) mass is 446 g/mol. The Bertz CT molecular complexity index is 1220. The maximum atomic E-state index is 13.9. The van der Waals surface area contributed by atoms with Crippen LogP contribution in [0.2, 0.25) is 0 Å². The summed E-state index contributed by atoms with van der Waals surface area (Å²) in [7, 11) is 1.68. The molecule has 6 nitrogen and oxygen atoms in total. The van der Waals surface area contributed by atoms with Gasteiger partial charge in [0.1, 0.15) is 18.2 Å². The number of rotatable bonds is 4. The van der Waals surface area contributed by atoms with E-state index in [0.717, 1.165) is 65.5 Å². The van der Waals surface area contributed by atoms with Gasteiger partial charge in [0.25, 0.3) is 0 Å². The molecule has 7 heteroatoms. The number of imidazole rings is 1. The van der Waals surface area contributed by atoms with E-state index in [1.165, 1.54) is 6.07 Å². The van der Waals surface area contributed by atoms with Crippen molar-refractivity contribution in [2.45, 2.75) is 32.2 Å². The molecule has 33 heavy (non-hydrogen) atoms. The Morgan fingerprint density at radius 3 is 2.91 bits per heavy atom. The zero-order valence-electron chi connectivity index (χ0n) is 18.9. The zero-order valence-corrected chi connectivity index (χ0v) is 18.9. The van der Waals surface area contributed by atoms with Gasteiger partial charge < -0.3 is 19.0 Å². The van der Waals surface area contributed by atoms with Crippen LogP contribution < -0.4 is 4.74 Å². The molecule has 3 aromatic rings. The Balaban J connectivity index is 1.48. The second-order valence-corrected chi connectivity index (χ2v) is 8.43. The number of hydrogen-bond donors (Lipinski definition) is 0. The van der Waals surface area contributed by atoms with E-state index in [1.54, 1.807) is 25.6 Å². The summed E-state index contributed by atoms with van der Waals surface area (Å²) in [4.78, 5) is 12.2. The van der Waals surface area contributed by atoms with Crippen LogP contribution in [-0.2, 0) is 4.84 Å². The fourth-order valence-corrected chi connectivity index (χ4v) is 4.63. The highest BCUT2D eigenvalue weighted by atomic mass is 19.1. The number of hydrogen-bond acceptors (Lipinski definition) is 5. The van der Waals surface area contributed by atoms with E-state index in [9.17, 15) is 4.39 Å². The van der Waals surface area contributed by atoms with Crippen molar-refractivity contribution >= 4 is 11.9 Å². The molecule has 0 saturated carbocycles. The van der Waals surface area contributed by atoms with Gasteiger partial charge in [-0.3, -0.25) is 0 Å². The molecule has 0 bridgehead atoms. The van der Waals surface area contributed by atoms with Gasteiger partial charge in [-0.15, -0.1) is 0 Å². The van der Waals surface area contributed by atoms with Crippen molar-refractivity contribution in [3.63, 3.8) is 0 Å². The normalized spacial score (nSPS) is 19.5. The van der Waals surface area contributed by atoms with Gasteiger partial charge in [-0.1, -0.05) is 23.4 Å². The molecular formula is C26H27FN4O2. The number of methoxy groups -OCH3 is 1. The van der Waals surface area contributed by atoms with Crippen LogP contribution in [0, 0.1) is 12.7 Å². The molecule has 0 amide bonds. The lowest BCUT2D eigenvalue weighted by Gasteiger charge is -2.36. The topological polar surface area (TPSA) is 51.9 Å². The zero-order chi connectivity index (χ0) is 22.8. The second-order valence-electron chi connectivity index (χ2n) is 8.43. The standard InChI is InChI=1S/C26H27FN4O2/c1-18-16-30(17-28-18)24-9-8-19(14-25(24)32-2)13-21-6-4-11-31-23(10-12-33-29-26(21)31)20-5-3-7-22(27)15-20/h3,5,7-9,13-17,23H,4,6,10-12H2,1-2H3/b21-13+/t23-/m1/s1. The quantitative estimate of drug-likeness (QED) is 0.547. The fraction of sp³-hybridized carbons (Fsp3) is 0.308. The number of aryl methyl sites for hydroxylation is 1. The maximum absolute atomic E-state index is 13.9. The fourth-order valence-electron chi connectivity index (χ4n) is 4.63. The minimum absolute atomic E-state index is 0.0343. The molecule has 1 atom stereocenters. The average molecular weight is 447 g/mol. The molecule has 170 valence electrons. The third-order valence-corrected chi connectivity index (χ3v) is 6.18. The van der Waals surface area contributed by atoms with E-state index in [2.05, 4.69) is 27.2 Å². The number of benzene rings is 2. The Morgan fingerprint density at radius 1 is 1.21 bits per heavy atom. The summed E-state index contributed by atoms with van der Waals surface area (Å²) in [5.74, 6) is 1.39. The molecular weight excluding hydrogens is 419 g/mol. The second kappa shape index (κ2) is 9.10. The molecule has 2 aliphatic heterocycles. The van der Waals surface area contributed by atoms with Gasteiger partial charge in [0, 0.05) is 19.2 Å². The first-order chi connectivity index (χ1) is 16.1. The highest BCUT2D eigenvalue weighted by Gasteiger charge is 2.31. The van der Waals surface area contributed by atoms with Crippen LogP contribution in [0.1, 0.15) is 42.1 Å². The molecule has 0 unspecified atom stereocenters. The lowest BCUT2D eigenvalue weighted by Crippen LogP contribution is -2.39. The first-order valence-electron chi connectivity index (χ1n) is 11.2. The SMILES string of the molecule is COc1cc(/C=C2\CCCN3C2=NOCC[C@@H]3c2cccc(F)c2)ccc1-n1cnc(C)c1. The number of oxime groups is 1. The van der Waals surface area contributed by atoms with Gasteiger partial charge in [-0.05, 0) is 66.8 Å². The van der Waals surface area contributed by atoms with E-state index in [1.807, 2.05) is 35.9 Å². The van der Waals surface area contributed by atoms with Gasteiger partial charge in [0.05, 0.1) is 30.9 Å². The molecule has 2 aliphatic rings. The van der Waals surface area contributed by atoms with Gasteiger partial charge in [-0.25, -0.2) is 9.37 Å². The number of amidine groups is 1. The number of ether oxygens (including phenoxy) is 1. The van der Waals surface area contributed by atoms with Crippen molar-refractivity contribution in [2.75, 3.05) is 20.3 Å². The number of aromatic nitrogens is 2. The Hall–Kier alpha value is -3.61. The molecule has 1 aromatic heterocycles. The lowest BCUT2D eigenvalue weighted by atomic mass is 9.95. The van der Waals surface area contributed by atoms with E-state index in [0.29, 0.717) is 6.61 Å². The summed E-state index contributed by atoms with van der Waals surface area (Å²) in [5.41, 5.74) is 4.98. The van der Waals surface area contributed by atoms with Crippen molar-refractivity contribution in [3.8, 4) is 11.4 Å². The predicted molar refractivity (Wildman–Crippen MR) is 126 cm³/mol. The smallest absolute Gasteiger partial charge is 0.171 e. The summed E-state index contributed by atoms with van der Waals surface area (Å²) in [6, 6.07) is 13.0. The summed E-state index contributed by atoms with van der Waals surface area (Å²) in [6.45, 7) is 3.33. The Morgan fingerprint density at radius 2 is 2.12 bits per heavy atom. The van der Waals surface area contributed by atoms with Crippen LogP contribution in [0.3, 0.4) is 0 Å².